The van der Waals surface area contributed by atoms with E-state index in [0.717, 1.165) is 0 Å². The van der Waals surface area contributed by atoms with Gasteiger partial charge in [-0.05, 0) is 29.3 Å². The number of nitrogen functional groups attached to an aromatic ring is 2. The Bertz CT molecular complexity index is 710. The molecule has 0 aliphatic heterocycles. The normalized spacial score (nSPS) is 10.2. The number of nitrogens with two attached hydrogens (primary N) is 2. The number of carboxylic acid groups (broad SMARTS) is 2. The van der Waals surface area contributed by atoms with Crippen LogP contribution in [0, 0.1) is 0 Å². The van der Waals surface area contributed by atoms with Crippen molar-refractivity contribution in [2.75, 3.05) is 11.5 Å². The predicted octanol–water partition coefficient (Wildman–Crippen LogP) is 1.91. The molecule has 2 rings (SSSR count). The van der Waals surface area contributed by atoms with E-state index in [1.807, 2.05) is 0 Å². The lowest BCUT2D eigenvalue weighted by atomic mass is 9.96. The molecule has 0 atom stereocenters. The van der Waals surface area contributed by atoms with Crippen LogP contribution in [0.3, 0.4) is 0 Å². The summed E-state index contributed by atoms with van der Waals surface area (Å²) < 4.78 is 0. The fraction of sp³-hybridized carbons (Fsp3) is 0. The number of hydrogen-bond acceptors (Lipinski definition) is 4. The van der Waals surface area contributed by atoms with E-state index in [1.54, 1.807) is 12.1 Å². The summed E-state index contributed by atoms with van der Waals surface area (Å²) in [4.78, 5) is 22.2. The molecule has 0 bridgehead atoms. The number of benzene rings is 2. The molecule has 0 aliphatic rings. The molecule has 6 N–H and O–H groups in total. The minimum absolute atomic E-state index is 0.0324. The zero-order valence-electron chi connectivity index (χ0n) is 10.3. The van der Waals surface area contributed by atoms with E-state index in [1.165, 1.54) is 24.3 Å². The maximum Gasteiger partial charge on any atom is 0.338 e. The fourth-order valence-corrected chi connectivity index (χ4v) is 1.97. The molecule has 0 saturated heterocycles. The molecule has 2 aromatic carbocycles. The van der Waals surface area contributed by atoms with E-state index < -0.39 is 11.9 Å². The molecular weight excluding hydrogens is 260 g/mol. The monoisotopic (exact) mass is 272 g/mol. The number of anilines is 2. The van der Waals surface area contributed by atoms with Gasteiger partial charge in [0.2, 0.25) is 0 Å². The van der Waals surface area contributed by atoms with Crippen molar-refractivity contribution < 1.29 is 19.8 Å². The smallest absolute Gasteiger partial charge is 0.338 e. The third-order valence-corrected chi connectivity index (χ3v) is 2.90. The number of aromatic carboxylic acids is 2. The van der Waals surface area contributed by atoms with Crippen LogP contribution >= 0.6 is 0 Å². The van der Waals surface area contributed by atoms with Gasteiger partial charge in [-0.15, -0.1) is 0 Å². The van der Waals surface area contributed by atoms with Gasteiger partial charge in [-0.3, -0.25) is 0 Å². The minimum Gasteiger partial charge on any atom is -0.478 e. The first kappa shape index (κ1) is 13.4. The summed E-state index contributed by atoms with van der Waals surface area (Å²) in [6, 6.07) is 8.96. The van der Waals surface area contributed by atoms with Crippen LogP contribution in [0.25, 0.3) is 11.1 Å². The van der Waals surface area contributed by atoms with Crippen molar-refractivity contribution in [2.45, 2.75) is 0 Å². The van der Waals surface area contributed by atoms with Crippen molar-refractivity contribution in [1.29, 1.82) is 0 Å². The Morgan fingerprint density at radius 1 is 0.900 bits per heavy atom. The van der Waals surface area contributed by atoms with Gasteiger partial charge >= 0.3 is 11.9 Å². The number of hydrogen-bond donors (Lipinski definition) is 4. The summed E-state index contributed by atoms with van der Waals surface area (Å²) in [6.07, 6.45) is 0. The number of carbonyl (C=O) groups is 2. The van der Waals surface area contributed by atoms with Crippen LogP contribution in [0.5, 0.6) is 0 Å². The Kier molecular flexibility index (Phi) is 3.30. The molecule has 0 radical (unpaired) electrons. The molecule has 0 aromatic heterocycles. The maximum atomic E-state index is 11.3. The van der Waals surface area contributed by atoms with E-state index in [0.29, 0.717) is 11.1 Å². The highest BCUT2D eigenvalue weighted by atomic mass is 16.4. The summed E-state index contributed by atoms with van der Waals surface area (Å²) in [5.74, 6) is -2.29. The second-order valence-electron chi connectivity index (χ2n) is 4.18. The fourth-order valence-electron chi connectivity index (χ4n) is 1.97. The lowest BCUT2D eigenvalue weighted by Gasteiger charge is -2.10. The van der Waals surface area contributed by atoms with Gasteiger partial charge in [0.1, 0.15) is 0 Å². The Labute approximate surface area is 114 Å². The zero-order valence-corrected chi connectivity index (χ0v) is 10.3. The van der Waals surface area contributed by atoms with Crippen LogP contribution in [0.4, 0.5) is 11.4 Å². The van der Waals surface area contributed by atoms with Gasteiger partial charge in [-0.2, -0.15) is 0 Å². The van der Waals surface area contributed by atoms with Crippen molar-refractivity contribution >= 4 is 23.3 Å². The molecule has 102 valence electrons. The van der Waals surface area contributed by atoms with Crippen LogP contribution in [-0.2, 0) is 0 Å². The highest BCUT2D eigenvalue weighted by molar-refractivity contribution is 6.02. The molecule has 0 saturated carbocycles. The molecule has 0 unspecified atom stereocenters. The maximum absolute atomic E-state index is 11.3. The van der Waals surface area contributed by atoms with Gasteiger partial charge in [0.05, 0.1) is 11.1 Å². The van der Waals surface area contributed by atoms with Crippen molar-refractivity contribution in [3.63, 3.8) is 0 Å². The van der Waals surface area contributed by atoms with Gasteiger partial charge in [0, 0.05) is 11.4 Å². The van der Waals surface area contributed by atoms with Crippen molar-refractivity contribution in [3.05, 3.63) is 47.5 Å². The van der Waals surface area contributed by atoms with Gasteiger partial charge in [0.15, 0.2) is 0 Å². The number of rotatable bonds is 3. The van der Waals surface area contributed by atoms with Crippen molar-refractivity contribution in [2.24, 2.45) is 0 Å². The van der Waals surface area contributed by atoms with Gasteiger partial charge < -0.3 is 21.7 Å². The number of carboxylic acids is 2. The summed E-state index contributed by atoms with van der Waals surface area (Å²) in [5.41, 5.74) is 12.4. The largest absolute Gasteiger partial charge is 0.478 e. The summed E-state index contributed by atoms with van der Waals surface area (Å²) in [7, 11) is 0. The molecule has 20 heavy (non-hydrogen) atoms. The van der Waals surface area contributed by atoms with Crippen molar-refractivity contribution in [1.82, 2.24) is 0 Å². The predicted molar refractivity (Wildman–Crippen MR) is 74.6 cm³/mol. The molecule has 6 heteroatoms. The summed E-state index contributed by atoms with van der Waals surface area (Å²) >= 11 is 0. The zero-order chi connectivity index (χ0) is 14.9. The molecule has 6 nitrogen and oxygen atoms in total. The van der Waals surface area contributed by atoms with Crippen LogP contribution < -0.4 is 11.5 Å². The van der Waals surface area contributed by atoms with E-state index >= 15 is 0 Å². The third kappa shape index (κ3) is 2.26. The quantitative estimate of drug-likeness (QED) is 0.632. The Morgan fingerprint density at radius 3 is 2.15 bits per heavy atom. The van der Waals surface area contributed by atoms with Gasteiger partial charge in [0.25, 0.3) is 0 Å². The van der Waals surface area contributed by atoms with Crippen molar-refractivity contribution in [3.8, 4) is 11.1 Å². The SMILES string of the molecule is Nc1cc(-c2cccc(N)c2C(=O)O)ccc1C(=O)O. The Morgan fingerprint density at radius 2 is 1.60 bits per heavy atom. The Hall–Kier alpha value is -3.02. The molecule has 0 spiro atoms. The van der Waals surface area contributed by atoms with Crippen LogP contribution in [0.15, 0.2) is 36.4 Å². The lowest BCUT2D eigenvalue weighted by Crippen LogP contribution is -2.06. The van der Waals surface area contributed by atoms with E-state index in [4.69, 9.17) is 16.6 Å². The molecule has 0 fully saturated rings. The highest BCUT2D eigenvalue weighted by Gasteiger charge is 2.16. The molecule has 2 aromatic rings. The van der Waals surface area contributed by atoms with E-state index in [-0.39, 0.29) is 22.5 Å². The average molecular weight is 272 g/mol. The second kappa shape index (κ2) is 4.93. The van der Waals surface area contributed by atoms with E-state index in [2.05, 4.69) is 0 Å². The molecular formula is C14H12N2O4. The van der Waals surface area contributed by atoms with Crippen LogP contribution in [-0.4, -0.2) is 22.2 Å². The summed E-state index contributed by atoms with van der Waals surface area (Å²) in [5, 5.41) is 18.1. The molecule has 0 aliphatic carbocycles. The Balaban J connectivity index is 2.64. The van der Waals surface area contributed by atoms with Gasteiger partial charge in [-0.1, -0.05) is 18.2 Å². The standard InChI is InChI=1S/C14H12N2O4/c15-10-3-1-2-8(12(10)14(19)20)7-4-5-9(13(17)18)11(16)6-7/h1-6H,15-16H2,(H,17,18)(H,19,20). The minimum atomic E-state index is -1.15. The average Bonchev–Trinajstić information content (AvgIpc) is 2.37. The highest BCUT2D eigenvalue weighted by Crippen LogP contribution is 2.30. The first-order valence-corrected chi connectivity index (χ1v) is 5.66. The van der Waals surface area contributed by atoms with Gasteiger partial charge in [-0.25, -0.2) is 9.59 Å². The lowest BCUT2D eigenvalue weighted by molar-refractivity contribution is 0.0687. The van der Waals surface area contributed by atoms with Crippen LogP contribution in [0.1, 0.15) is 20.7 Å². The second-order valence-corrected chi connectivity index (χ2v) is 4.18. The third-order valence-electron chi connectivity index (χ3n) is 2.90. The summed E-state index contributed by atoms with van der Waals surface area (Å²) in [6.45, 7) is 0. The molecule has 0 heterocycles. The van der Waals surface area contributed by atoms with Crippen LogP contribution in [0.2, 0.25) is 0 Å². The first-order valence-electron chi connectivity index (χ1n) is 5.66. The van der Waals surface area contributed by atoms with E-state index in [9.17, 15) is 14.7 Å². The topological polar surface area (TPSA) is 127 Å². The first-order chi connectivity index (χ1) is 9.41. The molecule has 0 amide bonds.